The van der Waals surface area contributed by atoms with E-state index in [0.717, 1.165) is 46.2 Å². The second-order valence-corrected chi connectivity index (χ2v) is 7.89. The van der Waals surface area contributed by atoms with Crippen LogP contribution in [0.1, 0.15) is 22.5 Å². The Morgan fingerprint density at radius 3 is 2.70 bits per heavy atom. The number of carbonyl (C=O) groups is 1. The van der Waals surface area contributed by atoms with Crippen molar-refractivity contribution in [2.75, 3.05) is 13.1 Å². The molecule has 3 aromatic rings. The van der Waals surface area contributed by atoms with Crippen molar-refractivity contribution in [3.8, 4) is 9.88 Å². The van der Waals surface area contributed by atoms with Gasteiger partial charge in [-0.1, -0.05) is 12.1 Å². The van der Waals surface area contributed by atoms with Gasteiger partial charge in [0.15, 0.2) is 0 Å². The standard InChI is InChI=1S/C17H17N3OS2/c18-11-7-9-20(10-8-11)17(21)15-6-5-14(22-15)16-19-12-3-1-2-4-13(12)23-16/h1-6,11H,7-10,18H2. The van der Waals surface area contributed by atoms with Crippen LogP contribution in [0.5, 0.6) is 0 Å². The molecule has 6 heteroatoms. The van der Waals surface area contributed by atoms with Gasteiger partial charge in [0.2, 0.25) is 0 Å². The number of hydrogen-bond donors (Lipinski definition) is 1. The first kappa shape index (κ1) is 14.8. The Hall–Kier alpha value is -1.76. The molecule has 118 valence electrons. The zero-order valence-electron chi connectivity index (χ0n) is 12.6. The van der Waals surface area contributed by atoms with Crippen molar-refractivity contribution in [3.63, 3.8) is 0 Å². The van der Waals surface area contributed by atoms with E-state index in [2.05, 4.69) is 11.1 Å². The fourth-order valence-corrected chi connectivity index (χ4v) is 4.80. The maximum absolute atomic E-state index is 12.6. The van der Waals surface area contributed by atoms with E-state index in [4.69, 9.17) is 5.73 Å². The van der Waals surface area contributed by atoms with Crippen LogP contribution in [-0.2, 0) is 0 Å². The van der Waals surface area contributed by atoms with E-state index in [1.807, 2.05) is 35.2 Å². The number of para-hydroxylation sites is 1. The third-order valence-corrected chi connectivity index (χ3v) is 6.43. The lowest BCUT2D eigenvalue weighted by atomic mass is 10.1. The minimum absolute atomic E-state index is 0.120. The van der Waals surface area contributed by atoms with Crippen molar-refractivity contribution in [3.05, 3.63) is 41.3 Å². The predicted molar refractivity (Wildman–Crippen MR) is 96.0 cm³/mol. The lowest BCUT2D eigenvalue weighted by molar-refractivity contribution is 0.0719. The fraction of sp³-hybridized carbons (Fsp3) is 0.294. The summed E-state index contributed by atoms with van der Waals surface area (Å²) in [5, 5.41) is 0.982. The number of thiazole rings is 1. The first-order chi connectivity index (χ1) is 11.2. The molecule has 2 N–H and O–H groups in total. The lowest BCUT2D eigenvalue weighted by Crippen LogP contribution is -2.42. The Kier molecular flexibility index (Phi) is 3.88. The molecule has 1 aliphatic rings. The molecule has 1 fully saturated rings. The summed E-state index contributed by atoms with van der Waals surface area (Å²) in [6.45, 7) is 1.52. The minimum atomic E-state index is 0.120. The van der Waals surface area contributed by atoms with Gasteiger partial charge in [-0.2, -0.15) is 0 Å². The third kappa shape index (κ3) is 2.89. The highest BCUT2D eigenvalue weighted by atomic mass is 32.1. The normalized spacial score (nSPS) is 16.1. The van der Waals surface area contributed by atoms with E-state index < -0.39 is 0 Å². The smallest absolute Gasteiger partial charge is 0.263 e. The first-order valence-electron chi connectivity index (χ1n) is 7.71. The van der Waals surface area contributed by atoms with Crippen LogP contribution >= 0.6 is 22.7 Å². The summed E-state index contributed by atoms with van der Waals surface area (Å²) in [6.07, 6.45) is 1.78. The maximum atomic E-state index is 12.6. The highest BCUT2D eigenvalue weighted by Crippen LogP contribution is 2.34. The van der Waals surface area contributed by atoms with Crippen molar-refractivity contribution in [1.29, 1.82) is 0 Å². The molecule has 4 nitrogen and oxygen atoms in total. The number of nitrogens with two attached hydrogens (primary N) is 1. The van der Waals surface area contributed by atoms with E-state index >= 15 is 0 Å². The van der Waals surface area contributed by atoms with E-state index in [9.17, 15) is 4.79 Å². The van der Waals surface area contributed by atoms with Crippen LogP contribution in [0.4, 0.5) is 0 Å². The van der Waals surface area contributed by atoms with Crippen LogP contribution in [0.25, 0.3) is 20.1 Å². The van der Waals surface area contributed by atoms with Crippen LogP contribution in [-0.4, -0.2) is 34.9 Å². The predicted octanol–water partition coefficient (Wildman–Crippen LogP) is 3.59. The van der Waals surface area contributed by atoms with Crippen molar-refractivity contribution >= 4 is 38.8 Å². The van der Waals surface area contributed by atoms with Gasteiger partial charge in [0.25, 0.3) is 5.91 Å². The van der Waals surface area contributed by atoms with Gasteiger partial charge in [0, 0.05) is 19.1 Å². The third-order valence-electron chi connectivity index (χ3n) is 4.15. The number of carbonyl (C=O) groups excluding carboxylic acids is 1. The van der Waals surface area contributed by atoms with Gasteiger partial charge in [0.1, 0.15) is 5.01 Å². The monoisotopic (exact) mass is 343 g/mol. The van der Waals surface area contributed by atoms with Crippen molar-refractivity contribution in [2.24, 2.45) is 5.73 Å². The molecule has 0 aliphatic carbocycles. The van der Waals surface area contributed by atoms with E-state index in [0.29, 0.717) is 0 Å². The SMILES string of the molecule is NC1CCN(C(=O)c2ccc(-c3nc4ccccc4s3)s2)CC1. The number of fused-ring (bicyclic) bond motifs is 1. The molecule has 0 radical (unpaired) electrons. The van der Waals surface area contributed by atoms with Gasteiger partial charge in [-0.15, -0.1) is 22.7 Å². The molecule has 1 amide bonds. The van der Waals surface area contributed by atoms with Crippen molar-refractivity contribution in [2.45, 2.75) is 18.9 Å². The summed E-state index contributed by atoms with van der Waals surface area (Å²) in [6, 6.07) is 12.3. The summed E-state index contributed by atoms with van der Waals surface area (Å²) in [5.41, 5.74) is 6.92. The van der Waals surface area contributed by atoms with Crippen LogP contribution in [0.3, 0.4) is 0 Å². The second kappa shape index (κ2) is 6.03. The molecule has 0 unspecified atom stereocenters. The zero-order chi connectivity index (χ0) is 15.8. The Morgan fingerprint density at radius 2 is 1.91 bits per heavy atom. The summed E-state index contributed by atoms with van der Waals surface area (Å²) in [5.74, 6) is 0.120. The number of aromatic nitrogens is 1. The minimum Gasteiger partial charge on any atom is -0.338 e. The van der Waals surface area contributed by atoms with Crippen LogP contribution in [0, 0.1) is 0 Å². The first-order valence-corrected chi connectivity index (χ1v) is 9.34. The molecule has 0 saturated carbocycles. The molecule has 23 heavy (non-hydrogen) atoms. The Labute approximate surface area is 142 Å². The van der Waals surface area contributed by atoms with E-state index in [1.165, 1.54) is 16.0 Å². The number of piperidine rings is 1. The molecule has 1 aliphatic heterocycles. The molecular weight excluding hydrogens is 326 g/mol. The maximum Gasteiger partial charge on any atom is 0.263 e. The fourth-order valence-electron chi connectivity index (χ4n) is 2.80. The largest absolute Gasteiger partial charge is 0.338 e. The molecule has 1 aromatic carbocycles. The number of hydrogen-bond acceptors (Lipinski definition) is 5. The molecule has 2 aromatic heterocycles. The van der Waals surface area contributed by atoms with Crippen LogP contribution < -0.4 is 5.73 Å². The summed E-state index contributed by atoms with van der Waals surface area (Å²) in [4.78, 5) is 21.0. The average molecular weight is 343 g/mol. The summed E-state index contributed by atoms with van der Waals surface area (Å²) < 4.78 is 1.17. The number of amides is 1. The molecule has 3 heterocycles. The summed E-state index contributed by atoms with van der Waals surface area (Å²) >= 11 is 3.20. The van der Waals surface area contributed by atoms with Crippen LogP contribution in [0.15, 0.2) is 36.4 Å². The van der Waals surface area contributed by atoms with E-state index in [1.54, 1.807) is 11.3 Å². The topological polar surface area (TPSA) is 59.2 Å². The molecule has 4 rings (SSSR count). The molecule has 0 bridgehead atoms. The Morgan fingerprint density at radius 1 is 1.13 bits per heavy atom. The van der Waals surface area contributed by atoms with E-state index in [-0.39, 0.29) is 11.9 Å². The Balaban J connectivity index is 1.57. The molecule has 0 spiro atoms. The second-order valence-electron chi connectivity index (χ2n) is 5.78. The highest BCUT2D eigenvalue weighted by Gasteiger charge is 2.23. The number of rotatable bonds is 2. The van der Waals surface area contributed by atoms with Crippen molar-refractivity contribution < 1.29 is 4.79 Å². The van der Waals surface area contributed by atoms with Gasteiger partial charge in [-0.3, -0.25) is 4.79 Å². The molecule has 1 saturated heterocycles. The van der Waals surface area contributed by atoms with Gasteiger partial charge in [-0.25, -0.2) is 4.98 Å². The van der Waals surface area contributed by atoms with Crippen LogP contribution in [0.2, 0.25) is 0 Å². The lowest BCUT2D eigenvalue weighted by Gasteiger charge is -2.29. The number of nitrogens with zero attached hydrogens (tertiary/aromatic N) is 2. The quantitative estimate of drug-likeness (QED) is 0.773. The zero-order valence-corrected chi connectivity index (χ0v) is 14.2. The number of benzene rings is 1. The van der Waals surface area contributed by atoms with Gasteiger partial charge >= 0.3 is 0 Å². The molecule has 0 atom stereocenters. The van der Waals surface area contributed by atoms with Gasteiger partial charge in [0.05, 0.1) is 20.0 Å². The van der Waals surface area contributed by atoms with Gasteiger partial charge in [-0.05, 0) is 37.1 Å². The van der Waals surface area contributed by atoms with Crippen molar-refractivity contribution in [1.82, 2.24) is 9.88 Å². The number of likely N-dealkylation sites (tertiary alicyclic amines) is 1. The van der Waals surface area contributed by atoms with Gasteiger partial charge < -0.3 is 10.6 Å². The number of thiophene rings is 1. The molecular formula is C17H17N3OS2. The average Bonchev–Trinajstić information content (AvgIpc) is 3.21. The Bertz CT molecular complexity index is 813. The summed E-state index contributed by atoms with van der Waals surface area (Å²) in [7, 11) is 0. The highest BCUT2D eigenvalue weighted by molar-refractivity contribution is 7.26.